The highest BCUT2D eigenvalue weighted by molar-refractivity contribution is 6.00. The summed E-state index contributed by atoms with van der Waals surface area (Å²) in [5.41, 5.74) is 5.10. The number of anilines is 1. The van der Waals surface area contributed by atoms with E-state index in [4.69, 9.17) is 0 Å². The fraction of sp³-hybridized carbons (Fsp3) is 0.412. The lowest BCUT2D eigenvalue weighted by molar-refractivity contribution is -0.125. The number of carbonyl (C=O) groups excluding carboxylic acids is 2. The third kappa shape index (κ3) is 5.38. The topological polar surface area (TPSA) is 52.7 Å². The van der Waals surface area contributed by atoms with Gasteiger partial charge in [0.25, 0.3) is 0 Å². The normalized spacial score (nSPS) is 17.9. The molecule has 2 aliphatic rings. The maximum Gasteiger partial charge on any atom is 0.235 e. The molecule has 1 saturated heterocycles. The van der Waals surface area contributed by atoms with Gasteiger partial charge in [0.05, 0.1) is 6.04 Å². The first-order valence-electron chi connectivity index (χ1n) is 14.6. The lowest BCUT2D eigenvalue weighted by Crippen LogP contribution is -2.56. The number of Topliss-reactive ketones (excluding diaryl/α,β-unsaturated/α-hetero) is 1. The molecule has 204 valence electrons. The number of ketones is 1. The fourth-order valence-electron chi connectivity index (χ4n) is 6.53. The zero-order valence-electron chi connectivity index (χ0n) is 23.4. The number of nitrogens with one attached hydrogen (secondary N) is 1. The average molecular weight is 524 g/mol. The highest BCUT2D eigenvalue weighted by Crippen LogP contribution is 2.51. The van der Waals surface area contributed by atoms with Gasteiger partial charge in [0.1, 0.15) is 11.2 Å². The van der Waals surface area contributed by atoms with Crippen molar-refractivity contribution >= 4 is 17.4 Å². The van der Waals surface area contributed by atoms with E-state index in [1.54, 1.807) is 6.92 Å². The van der Waals surface area contributed by atoms with Gasteiger partial charge in [-0.3, -0.25) is 14.5 Å². The highest BCUT2D eigenvalue weighted by Gasteiger charge is 2.48. The van der Waals surface area contributed by atoms with E-state index in [1.807, 2.05) is 6.07 Å². The van der Waals surface area contributed by atoms with Crippen LogP contribution in [0.2, 0.25) is 0 Å². The SMILES string of the molecule is CCCCNC(=O)C1(CCCCN2CCN(c3ccccc3)CC2C(C)=O)c2ccccc2-c2ccccc21. The molecule has 5 rings (SSSR count). The number of para-hydroxylation sites is 1. The Morgan fingerprint density at radius 2 is 1.49 bits per heavy atom. The van der Waals surface area contributed by atoms with Crippen molar-refractivity contribution in [1.29, 1.82) is 0 Å². The number of benzene rings is 3. The van der Waals surface area contributed by atoms with Crippen LogP contribution in [-0.2, 0) is 15.0 Å². The Hall–Kier alpha value is -3.44. The second-order valence-electron chi connectivity index (χ2n) is 11.0. The van der Waals surface area contributed by atoms with Gasteiger partial charge >= 0.3 is 0 Å². The van der Waals surface area contributed by atoms with Crippen LogP contribution >= 0.6 is 0 Å². The van der Waals surface area contributed by atoms with Crippen LogP contribution in [0.1, 0.15) is 57.1 Å². The minimum atomic E-state index is -0.674. The summed E-state index contributed by atoms with van der Waals surface area (Å²) in [6, 6.07) is 27.1. The standard InChI is InChI=1S/C34H41N3O2/c1-3-4-21-35-33(39)34(30-18-10-8-16-28(30)29-17-9-11-19-31(29)34)20-12-13-22-36-23-24-37(25-32(36)26(2)38)27-14-6-5-7-15-27/h5-11,14-19,32H,3-4,12-13,20-25H2,1-2H3,(H,35,39). The first-order chi connectivity index (χ1) is 19.1. The molecule has 1 amide bonds. The maximum atomic E-state index is 14.0. The molecule has 1 aliphatic heterocycles. The molecule has 0 bridgehead atoms. The second kappa shape index (κ2) is 12.2. The predicted molar refractivity (Wildman–Crippen MR) is 159 cm³/mol. The summed E-state index contributed by atoms with van der Waals surface area (Å²) in [7, 11) is 0. The molecule has 0 radical (unpaired) electrons. The molecule has 0 saturated carbocycles. The molecule has 3 aromatic rings. The lowest BCUT2D eigenvalue weighted by Gasteiger charge is -2.41. The van der Waals surface area contributed by atoms with Crippen LogP contribution in [0, 0.1) is 0 Å². The largest absolute Gasteiger partial charge is 0.368 e. The minimum absolute atomic E-state index is 0.0989. The van der Waals surface area contributed by atoms with Crippen molar-refractivity contribution < 1.29 is 9.59 Å². The Kier molecular flexibility index (Phi) is 8.47. The molecule has 1 heterocycles. The Bertz CT molecular complexity index is 1240. The number of amides is 1. The van der Waals surface area contributed by atoms with Gasteiger partial charge in [0.15, 0.2) is 0 Å². The van der Waals surface area contributed by atoms with Crippen LogP contribution in [0.3, 0.4) is 0 Å². The number of nitrogens with zero attached hydrogens (tertiary/aromatic N) is 2. The number of carbonyl (C=O) groups is 2. The first kappa shape index (κ1) is 27.1. The molecule has 1 atom stereocenters. The van der Waals surface area contributed by atoms with Crippen molar-refractivity contribution in [2.75, 3.05) is 37.6 Å². The number of rotatable bonds is 11. The van der Waals surface area contributed by atoms with Crippen LogP contribution in [0.4, 0.5) is 5.69 Å². The molecule has 1 N–H and O–H groups in total. The summed E-state index contributed by atoms with van der Waals surface area (Å²) in [4.78, 5) is 31.3. The maximum absolute atomic E-state index is 14.0. The summed E-state index contributed by atoms with van der Waals surface area (Å²) >= 11 is 0. The molecule has 5 nitrogen and oxygen atoms in total. The number of hydrogen-bond donors (Lipinski definition) is 1. The Morgan fingerprint density at radius 1 is 0.846 bits per heavy atom. The highest BCUT2D eigenvalue weighted by atomic mass is 16.2. The van der Waals surface area contributed by atoms with E-state index in [2.05, 4.69) is 94.8 Å². The predicted octanol–water partition coefficient (Wildman–Crippen LogP) is 5.82. The van der Waals surface area contributed by atoms with Gasteiger partial charge in [-0.1, -0.05) is 86.5 Å². The molecule has 1 unspecified atom stereocenters. The van der Waals surface area contributed by atoms with E-state index in [9.17, 15) is 9.59 Å². The summed E-state index contributed by atoms with van der Waals surface area (Å²) in [6.45, 7) is 7.94. The van der Waals surface area contributed by atoms with Crippen LogP contribution in [0.15, 0.2) is 78.9 Å². The fourth-order valence-corrected chi connectivity index (χ4v) is 6.53. The zero-order chi connectivity index (χ0) is 27.2. The Balaban J connectivity index is 1.31. The number of unbranched alkanes of at least 4 members (excludes halogenated alkanes) is 2. The van der Waals surface area contributed by atoms with Crippen molar-refractivity contribution in [3.05, 3.63) is 90.0 Å². The molecule has 0 aromatic heterocycles. The first-order valence-corrected chi connectivity index (χ1v) is 14.6. The summed E-state index contributed by atoms with van der Waals surface area (Å²) in [5, 5.41) is 3.28. The van der Waals surface area contributed by atoms with Crippen molar-refractivity contribution in [1.82, 2.24) is 10.2 Å². The van der Waals surface area contributed by atoms with Crippen LogP contribution in [0.5, 0.6) is 0 Å². The Morgan fingerprint density at radius 3 is 2.13 bits per heavy atom. The number of hydrogen-bond acceptors (Lipinski definition) is 4. The molecular weight excluding hydrogens is 482 g/mol. The van der Waals surface area contributed by atoms with E-state index < -0.39 is 5.41 Å². The van der Waals surface area contributed by atoms with Gasteiger partial charge < -0.3 is 10.2 Å². The van der Waals surface area contributed by atoms with Crippen molar-refractivity contribution in [3.63, 3.8) is 0 Å². The summed E-state index contributed by atoms with van der Waals surface area (Å²) in [5.74, 6) is 0.340. The van der Waals surface area contributed by atoms with Crippen LogP contribution in [0.25, 0.3) is 11.1 Å². The molecule has 0 spiro atoms. The van der Waals surface area contributed by atoms with E-state index in [1.165, 1.54) is 16.8 Å². The van der Waals surface area contributed by atoms with Gasteiger partial charge in [-0.05, 0) is 67.1 Å². The summed E-state index contributed by atoms with van der Waals surface area (Å²) in [6.07, 6.45) is 4.65. The van der Waals surface area contributed by atoms with Crippen molar-refractivity contribution in [3.8, 4) is 11.1 Å². The van der Waals surface area contributed by atoms with Gasteiger partial charge in [-0.25, -0.2) is 0 Å². The van der Waals surface area contributed by atoms with Crippen LogP contribution < -0.4 is 10.2 Å². The van der Waals surface area contributed by atoms with Gasteiger partial charge in [0, 0.05) is 31.9 Å². The van der Waals surface area contributed by atoms with E-state index in [0.29, 0.717) is 6.54 Å². The van der Waals surface area contributed by atoms with E-state index in [-0.39, 0.29) is 17.7 Å². The van der Waals surface area contributed by atoms with Gasteiger partial charge in [0.2, 0.25) is 5.91 Å². The molecule has 3 aromatic carbocycles. The van der Waals surface area contributed by atoms with E-state index in [0.717, 1.165) is 69.4 Å². The zero-order valence-corrected chi connectivity index (χ0v) is 23.4. The molecule has 1 fully saturated rings. The molecule has 39 heavy (non-hydrogen) atoms. The average Bonchev–Trinajstić information content (AvgIpc) is 3.26. The molecule has 1 aliphatic carbocycles. The number of fused-ring (bicyclic) bond motifs is 3. The summed E-state index contributed by atoms with van der Waals surface area (Å²) < 4.78 is 0. The molecule has 5 heteroatoms. The lowest BCUT2D eigenvalue weighted by atomic mass is 9.73. The van der Waals surface area contributed by atoms with Crippen molar-refractivity contribution in [2.45, 2.75) is 57.4 Å². The number of piperazine rings is 1. The minimum Gasteiger partial charge on any atom is -0.368 e. The van der Waals surface area contributed by atoms with Gasteiger partial charge in [-0.2, -0.15) is 0 Å². The third-order valence-corrected chi connectivity index (χ3v) is 8.60. The van der Waals surface area contributed by atoms with E-state index >= 15 is 0 Å². The van der Waals surface area contributed by atoms with Crippen molar-refractivity contribution in [2.24, 2.45) is 0 Å². The van der Waals surface area contributed by atoms with Gasteiger partial charge in [-0.15, -0.1) is 0 Å². The van der Waals surface area contributed by atoms with Crippen LogP contribution in [-0.4, -0.2) is 55.4 Å². The quantitative estimate of drug-likeness (QED) is 0.322. The monoisotopic (exact) mass is 523 g/mol. The smallest absolute Gasteiger partial charge is 0.235 e. The second-order valence-corrected chi connectivity index (χ2v) is 11.0. The third-order valence-electron chi connectivity index (χ3n) is 8.60. The Labute approximate surface area is 233 Å². The molecular formula is C34H41N3O2.